The molecule has 10 nitrogen and oxygen atoms in total. The standard InChI is InChI=1S/C39H43Cl2N3O7S/c1-49-35-20-18-30(41)23-33(35)44(52(47,48)32-19-21-36(50-2)37(24-32)51-3)26-38(45)43(25-28-14-16-29(40)17-15-28)34(22-27-10-6-4-7-11-27)39(46)42-31-12-8-5-9-13-31/h4,6-7,10-11,14-21,23-24,31,34H,5,8-9,12-13,22,25-26H2,1-3H3,(H,42,46)/t34-/m1/s1. The maximum absolute atomic E-state index is 14.9. The number of sulfonamides is 1. The van der Waals surface area contributed by atoms with Crippen molar-refractivity contribution >= 4 is 50.7 Å². The van der Waals surface area contributed by atoms with Gasteiger partial charge in [-0.05, 0) is 66.4 Å². The lowest BCUT2D eigenvalue weighted by molar-refractivity contribution is -0.140. The Labute approximate surface area is 315 Å². The van der Waals surface area contributed by atoms with Crippen LogP contribution in [0.25, 0.3) is 0 Å². The number of carbonyl (C=O) groups is 2. The number of anilines is 1. The molecule has 52 heavy (non-hydrogen) atoms. The molecule has 1 fully saturated rings. The molecular formula is C39H43Cl2N3O7S. The number of benzene rings is 4. The van der Waals surface area contributed by atoms with Crippen molar-refractivity contribution in [2.75, 3.05) is 32.2 Å². The molecule has 0 heterocycles. The summed E-state index contributed by atoms with van der Waals surface area (Å²) in [6, 6.07) is 24.1. The van der Waals surface area contributed by atoms with E-state index < -0.39 is 28.5 Å². The van der Waals surface area contributed by atoms with Gasteiger partial charge >= 0.3 is 0 Å². The second kappa shape index (κ2) is 17.9. The Morgan fingerprint density at radius 3 is 2.06 bits per heavy atom. The van der Waals surface area contributed by atoms with Gasteiger partial charge < -0.3 is 24.4 Å². The van der Waals surface area contributed by atoms with Crippen LogP contribution in [0.3, 0.4) is 0 Å². The second-order valence-electron chi connectivity index (χ2n) is 12.5. The number of halogens is 2. The highest BCUT2D eigenvalue weighted by molar-refractivity contribution is 7.92. The maximum atomic E-state index is 14.9. The van der Waals surface area contributed by atoms with Crippen LogP contribution < -0.4 is 23.8 Å². The first kappa shape index (κ1) is 38.8. The van der Waals surface area contributed by atoms with E-state index in [-0.39, 0.29) is 52.0 Å². The SMILES string of the molecule is COc1ccc(S(=O)(=O)N(CC(=O)N(Cc2ccc(Cl)cc2)[C@H](Cc2ccccc2)C(=O)NC2CCCCC2)c2cc(Cl)ccc2OC)cc1OC. The molecule has 4 aromatic carbocycles. The summed E-state index contributed by atoms with van der Waals surface area (Å²) in [5.41, 5.74) is 1.58. The Hall–Kier alpha value is -4.45. The molecule has 0 radical (unpaired) electrons. The molecule has 276 valence electrons. The minimum Gasteiger partial charge on any atom is -0.495 e. The maximum Gasteiger partial charge on any atom is 0.265 e. The first-order chi connectivity index (χ1) is 25.0. The summed E-state index contributed by atoms with van der Waals surface area (Å²) in [5.74, 6) is -0.263. The topological polar surface area (TPSA) is 114 Å². The van der Waals surface area contributed by atoms with E-state index in [9.17, 15) is 18.0 Å². The molecule has 1 N–H and O–H groups in total. The third kappa shape index (κ3) is 9.50. The van der Waals surface area contributed by atoms with Crippen LogP contribution in [0.2, 0.25) is 10.0 Å². The molecule has 0 spiro atoms. The highest BCUT2D eigenvalue weighted by Gasteiger charge is 2.36. The summed E-state index contributed by atoms with van der Waals surface area (Å²) in [7, 11) is -0.263. The van der Waals surface area contributed by atoms with Gasteiger partial charge in [-0.1, -0.05) is 84.9 Å². The minimum atomic E-state index is -4.50. The Balaban J connectivity index is 1.62. The van der Waals surface area contributed by atoms with E-state index in [0.717, 1.165) is 42.0 Å². The third-order valence-electron chi connectivity index (χ3n) is 9.12. The number of hydrogen-bond donors (Lipinski definition) is 1. The fourth-order valence-corrected chi connectivity index (χ4v) is 8.09. The van der Waals surface area contributed by atoms with Crippen LogP contribution in [-0.4, -0.2) is 65.1 Å². The lowest BCUT2D eigenvalue weighted by Gasteiger charge is -2.35. The Morgan fingerprint density at radius 1 is 0.769 bits per heavy atom. The fourth-order valence-electron chi connectivity index (χ4n) is 6.36. The van der Waals surface area contributed by atoms with Crippen molar-refractivity contribution in [3.05, 3.63) is 112 Å². The zero-order valence-electron chi connectivity index (χ0n) is 29.4. The van der Waals surface area contributed by atoms with Crippen molar-refractivity contribution in [2.24, 2.45) is 0 Å². The van der Waals surface area contributed by atoms with E-state index in [0.29, 0.717) is 16.3 Å². The van der Waals surface area contributed by atoms with Crippen molar-refractivity contribution in [1.29, 1.82) is 0 Å². The zero-order chi connectivity index (χ0) is 37.3. The number of nitrogens with zero attached hydrogens (tertiary/aromatic N) is 2. The predicted octanol–water partition coefficient (Wildman–Crippen LogP) is 7.30. The summed E-state index contributed by atoms with van der Waals surface area (Å²) >= 11 is 12.6. The molecule has 1 aliphatic rings. The molecule has 1 saturated carbocycles. The van der Waals surface area contributed by atoms with Gasteiger partial charge in [-0.2, -0.15) is 0 Å². The quantitative estimate of drug-likeness (QED) is 0.135. The lowest BCUT2D eigenvalue weighted by atomic mass is 9.94. The Morgan fingerprint density at radius 2 is 1.40 bits per heavy atom. The second-order valence-corrected chi connectivity index (χ2v) is 15.3. The number of amides is 2. The third-order valence-corrected chi connectivity index (χ3v) is 11.4. The summed E-state index contributed by atoms with van der Waals surface area (Å²) in [6.07, 6.45) is 5.01. The number of hydrogen-bond acceptors (Lipinski definition) is 7. The Kier molecular flexibility index (Phi) is 13.3. The van der Waals surface area contributed by atoms with Gasteiger partial charge in [0.05, 0.1) is 31.9 Å². The minimum absolute atomic E-state index is 0.00250. The number of carbonyl (C=O) groups excluding carboxylic acids is 2. The van der Waals surface area contributed by atoms with Gasteiger partial charge in [0.25, 0.3) is 10.0 Å². The molecule has 13 heteroatoms. The first-order valence-electron chi connectivity index (χ1n) is 17.0. The number of nitrogens with one attached hydrogen (secondary N) is 1. The monoisotopic (exact) mass is 767 g/mol. The van der Waals surface area contributed by atoms with E-state index in [1.807, 2.05) is 30.3 Å². The summed E-state index contributed by atoms with van der Waals surface area (Å²) in [4.78, 5) is 30.5. The summed E-state index contributed by atoms with van der Waals surface area (Å²) in [6.45, 7) is -0.689. The summed E-state index contributed by atoms with van der Waals surface area (Å²) in [5, 5.41) is 3.95. The molecule has 0 aromatic heterocycles. The fraction of sp³-hybridized carbons (Fsp3) is 0.333. The highest BCUT2D eigenvalue weighted by atomic mass is 35.5. The predicted molar refractivity (Wildman–Crippen MR) is 203 cm³/mol. The van der Waals surface area contributed by atoms with Crippen LogP contribution in [0.1, 0.15) is 43.2 Å². The van der Waals surface area contributed by atoms with Crippen LogP contribution in [0.4, 0.5) is 5.69 Å². The van der Waals surface area contributed by atoms with Crippen LogP contribution in [0.15, 0.2) is 95.9 Å². The molecule has 2 amide bonds. The van der Waals surface area contributed by atoms with Crippen molar-refractivity contribution in [3.8, 4) is 17.2 Å². The normalized spacial score (nSPS) is 13.9. The molecular weight excluding hydrogens is 725 g/mol. The van der Waals surface area contributed by atoms with Crippen molar-refractivity contribution < 1.29 is 32.2 Å². The number of methoxy groups -OCH3 is 3. The Bertz CT molecular complexity index is 1940. The van der Waals surface area contributed by atoms with E-state index in [2.05, 4.69) is 5.32 Å². The molecule has 0 aliphatic heterocycles. The summed E-state index contributed by atoms with van der Waals surface area (Å²) < 4.78 is 46.6. The van der Waals surface area contributed by atoms with Crippen LogP contribution >= 0.6 is 23.2 Å². The first-order valence-corrected chi connectivity index (χ1v) is 19.2. The lowest BCUT2D eigenvalue weighted by Crippen LogP contribution is -2.55. The smallest absolute Gasteiger partial charge is 0.265 e. The van der Waals surface area contributed by atoms with E-state index in [1.54, 1.807) is 30.3 Å². The van der Waals surface area contributed by atoms with Crippen LogP contribution in [-0.2, 0) is 32.6 Å². The van der Waals surface area contributed by atoms with E-state index >= 15 is 0 Å². The molecule has 4 aromatic rings. The molecule has 0 bridgehead atoms. The zero-order valence-corrected chi connectivity index (χ0v) is 31.7. The largest absolute Gasteiger partial charge is 0.495 e. The van der Waals surface area contributed by atoms with Crippen molar-refractivity contribution in [2.45, 2.75) is 62.0 Å². The molecule has 1 atom stereocenters. The average molecular weight is 769 g/mol. The van der Waals surface area contributed by atoms with E-state index in [4.69, 9.17) is 37.4 Å². The van der Waals surface area contributed by atoms with Gasteiger partial charge in [0, 0.05) is 35.1 Å². The van der Waals surface area contributed by atoms with Gasteiger partial charge in [0.2, 0.25) is 11.8 Å². The van der Waals surface area contributed by atoms with Crippen LogP contribution in [0.5, 0.6) is 17.2 Å². The van der Waals surface area contributed by atoms with Gasteiger partial charge in [0.15, 0.2) is 11.5 Å². The highest BCUT2D eigenvalue weighted by Crippen LogP contribution is 2.37. The van der Waals surface area contributed by atoms with Gasteiger partial charge in [-0.15, -0.1) is 0 Å². The number of rotatable bonds is 15. The van der Waals surface area contributed by atoms with Crippen molar-refractivity contribution in [1.82, 2.24) is 10.2 Å². The van der Waals surface area contributed by atoms with Crippen molar-refractivity contribution in [3.63, 3.8) is 0 Å². The molecule has 5 rings (SSSR count). The molecule has 0 unspecified atom stereocenters. The van der Waals surface area contributed by atoms with Gasteiger partial charge in [0.1, 0.15) is 18.3 Å². The molecule has 0 saturated heterocycles. The van der Waals surface area contributed by atoms with Crippen LogP contribution in [0, 0.1) is 0 Å². The van der Waals surface area contributed by atoms with Gasteiger partial charge in [-0.25, -0.2) is 8.42 Å². The van der Waals surface area contributed by atoms with E-state index in [1.165, 1.54) is 56.6 Å². The molecule has 1 aliphatic carbocycles. The average Bonchev–Trinajstić information content (AvgIpc) is 3.16. The van der Waals surface area contributed by atoms with Gasteiger partial charge in [-0.3, -0.25) is 13.9 Å². The number of ether oxygens (including phenoxy) is 3.